The van der Waals surface area contributed by atoms with Gasteiger partial charge < -0.3 is 19.5 Å². The summed E-state index contributed by atoms with van der Waals surface area (Å²) in [7, 11) is 2.05. The quantitative estimate of drug-likeness (QED) is 0.231. The number of aryl methyl sites for hydroxylation is 1. The van der Waals surface area contributed by atoms with Crippen LogP contribution in [0.4, 0.5) is 0 Å². The number of aliphatic imine (C=N–C) groups is 1. The number of halogens is 1. The summed E-state index contributed by atoms with van der Waals surface area (Å²) in [5.41, 5.74) is 0.0604. The summed E-state index contributed by atoms with van der Waals surface area (Å²) >= 11 is 0. The fraction of sp³-hybridized carbons (Fsp3) is 0.684. The van der Waals surface area contributed by atoms with Crippen LogP contribution in [0.15, 0.2) is 34.2 Å². The maximum Gasteiger partial charge on any atom is 0.250 e. The average molecular weight is 476 g/mol. The van der Waals surface area contributed by atoms with Crippen LogP contribution in [0.3, 0.4) is 0 Å². The molecule has 0 amide bonds. The molecule has 0 aromatic carbocycles. The normalized spacial score (nSPS) is 14.0. The van der Waals surface area contributed by atoms with Crippen LogP contribution >= 0.6 is 24.0 Å². The molecule has 0 spiro atoms. The molecule has 1 N–H and O–H groups in total. The second-order valence-electron chi connectivity index (χ2n) is 6.61. The van der Waals surface area contributed by atoms with E-state index in [9.17, 15) is 4.79 Å². The summed E-state index contributed by atoms with van der Waals surface area (Å²) in [5.74, 6) is 1.73. The van der Waals surface area contributed by atoms with Crippen molar-refractivity contribution in [1.82, 2.24) is 14.8 Å². The van der Waals surface area contributed by atoms with Crippen molar-refractivity contribution in [3.8, 4) is 0 Å². The van der Waals surface area contributed by atoms with Crippen molar-refractivity contribution in [2.45, 2.75) is 39.2 Å². The van der Waals surface area contributed by atoms with Crippen LogP contribution < -0.4 is 10.9 Å². The first-order chi connectivity index (χ1) is 12.2. The molecule has 6 nitrogen and oxygen atoms in total. The van der Waals surface area contributed by atoms with Crippen molar-refractivity contribution in [3.63, 3.8) is 0 Å². The number of aromatic nitrogens is 1. The number of pyridine rings is 1. The van der Waals surface area contributed by atoms with Gasteiger partial charge in [-0.1, -0.05) is 6.07 Å². The van der Waals surface area contributed by atoms with Crippen LogP contribution in [0, 0.1) is 5.92 Å². The maximum absolute atomic E-state index is 11.6. The molecule has 1 saturated carbocycles. The van der Waals surface area contributed by atoms with E-state index in [0.29, 0.717) is 0 Å². The zero-order chi connectivity index (χ0) is 17.9. The lowest BCUT2D eigenvalue weighted by Crippen LogP contribution is -2.40. The Hall–Kier alpha value is -1.09. The predicted octanol–water partition coefficient (Wildman–Crippen LogP) is 2.57. The third kappa shape index (κ3) is 9.02. The first-order valence-electron chi connectivity index (χ1n) is 9.43. The van der Waals surface area contributed by atoms with Crippen molar-refractivity contribution in [2.75, 3.05) is 39.9 Å². The fourth-order valence-corrected chi connectivity index (χ4v) is 2.54. The largest absolute Gasteiger partial charge is 0.379 e. The molecule has 1 aromatic heterocycles. The standard InChI is InChI=1S/C19H32N4O2.HI/c1-3-20-19(22(2)14-15-25-16-17-9-10-17)21-11-5-7-13-23-12-6-4-8-18(23)24;/h4,6,8,12,17H,3,5,7,9-11,13-16H2,1-2H3,(H,20,21);1H. The molecule has 2 rings (SSSR count). The Morgan fingerprint density at radius 1 is 1.38 bits per heavy atom. The molecule has 148 valence electrons. The van der Waals surface area contributed by atoms with Gasteiger partial charge in [0, 0.05) is 52.1 Å². The second-order valence-corrected chi connectivity index (χ2v) is 6.61. The molecule has 26 heavy (non-hydrogen) atoms. The zero-order valence-electron chi connectivity index (χ0n) is 16.0. The van der Waals surface area contributed by atoms with Gasteiger partial charge in [-0.3, -0.25) is 9.79 Å². The lowest BCUT2D eigenvalue weighted by molar-refractivity contribution is 0.115. The topological polar surface area (TPSA) is 58.9 Å². The van der Waals surface area contributed by atoms with Crippen LogP contribution in [0.1, 0.15) is 32.6 Å². The fourth-order valence-electron chi connectivity index (χ4n) is 2.54. The summed E-state index contributed by atoms with van der Waals surface area (Å²) in [6.07, 6.45) is 6.40. The molecule has 0 aliphatic heterocycles. The lowest BCUT2D eigenvalue weighted by Gasteiger charge is -2.22. The highest BCUT2D eigenvalue weighted by Gasteiger charge is 2.21. The van der Waals surface area contributed by atoms with Crippen molar-refractivity contribution >= 4 is 29.9 Å². The number of nitrogens with zero attached hydrogens (tertiary/aromatic N) is 3. The van der Waals surface area contributed by atoms with Gasteiger partial charge in [0.1, 0.15) is 0 Å². The lowest BCUT2D eigenvalue weighted by atomic mass is 10.3. The number of unbranched alkanes of at least 4 members (excludes halogenated alkanes) is 1. The van der Waals surface area contributed by atoms with Gasteiger partial charge in [-0.05, 0) is 44.6 Å². The number of guanidine groups is 1. The number of rotatable bonds is 11. The van der Waals surface area contributed by atoms with Gasteiger partial charge in [0.15, 0.2) is 5.96 Å². The number of hydrogen-bond acceptors (Lipinski definition) is 3. The predicted molar refractivity (Wildman–Crippen MR) is 118 cm³/mol. The monoisotopic (exact) mass is 476 g/mol. The van der Waals surface area contributed by atoms with Crippen LogP contribution in [-0.4, -0.2) is 55.3 Å². The summed E-state index contributed by atoms with van der Waals surface area (Å²) < 4.78 is 7.45. The molecule has 1 aromatic rings. The first-order valence-corrected chi connectivity index (χ1v) is 9.43. The van der Waals surface area contributed by atoms with Crippen molar-refractivity contribution < 1.29 is 4.74 Å². The molecular weight excluding hydrogens is 443 g/mol. The van der Waals surface area contributed by atoms with Gasteiger partial charge >= 0.3 is 0 Å². The summed E-state index contributed by atoms with van der Waals surface area (Å²) in [5, 5.41) is 3.33. The zero-order valence-corrected chi connectivity index (χ0v) is 18.4. The Morgan fingerprint density at radius 3 is 2.88 bits per heavy atom. The van der Waals surface area contributed by atoms with Crippen LogP contribution in [0.25, 0.3) is 0 Å². The first kappa shape index (κ1) is 23.0. The molecule has 1 aliphatic rings. The molecular formula is C19H33IN4O2. The molecule has 0 bridgehead atoms. The van der Waals surface area contributed by atoms with Gasteiger partial charge in [-0.15, -0.1) is 24.0 Å². The van der Waals surface area contributed by atoms with Crippen LogP contribution in [-0.2, 0) is 11.3 Å². The van der Waals surface area contributed by atoms with E-state index in [-0.39, 0.29) is 29.5 Å². The molecule has 1 aliphatic carbocycles. The van der Waals surface area contributed by atoms with Gasteiger partial charge in [0.2, 0.25) is 5.56 Å². The summed E-state index contributed by atoms with van der Waals surface area (Å²) in [6, 6.07) is 5.26. The van der Waals surface area contributed by atoms with E-state index >= 15 is 0 Å². The minimum absolute atomic E-state index is 0. The minimum atomic E-state index is 0. The van der Waals surface area contributed by atoms with E-state index in [2.05, 4.69) is 22.1 Å². The third-order valence-corrected chi connectivity index (χ3v) is 4.29. The number of ether oxygens (including phenoxy) is 1. The third-order valence-electron chi connectivity index (χ3n) is 4.29. The molecule has 1 heterocycles. The van der Waals surface area contributed by atoms with Crippen molar-refractivity contribution in [1.29, 1.82) is 0 Å². The Kier molecular flexibility index (Phi) is 11.6. The van der Waals surface area contributed by atoms with Crippen molar-refractivity contribution in [2.24, 2.45) is 10.9 Å². The maximum atomic E-state index is 11.6. The van der Waals surface area contributed by atoms with E-state index in [1.165, 1.54) is 12.8 Å². The van der Waals surface area contributed by atoms with E-state index in [4.69, 9.17) is 4.74 Å². The highest BCUT2D eigenvalue weighted by Crippen LogP contribution is 2.28. The highest BCUT2D eigenvalue weighted by atomic mass is 127. The van der Waals surface area contributed by atoms with Gasteiger partial charge in [-0.2, -0.15) is 0 Å². The average Bonchev–Trinajstić information content (AvgIpc) is 3.43. The Balaban J connectivity index is 0.00000338. The molecule has 7 heteroatoms. The number of nitrogens with one attached hydrogen (secondary N) is 1. The molecule has 0 saturated heterocycles. The van der Waals surface area contributed by atoms with E-state index < -0.39 is 0 Å². The van der Waals surface area contributed by atoms with E-state index in [0.717, 1.165) is 64.1 Å². The van der Waals surface area contributed by atoms with Gasteiger partial charge in [-0.25, -0.2) is 0 Å². The molecule has 1 fully saturated rings. The van der Waals surface area contributed by atoms with Gasteiger partial charge in [0.25, 0.3) is 0 Å². The second kappa shape index (κ2) is 13.1. The Bertz CT molecular complexity index is 587. The van der Waals surface area contributed by atoms with Crippen LogP contribution in [0.5, 0.6) is 0 Å². The molecule has 0 radical (unpaired) electrons. The molecule has 0 unspecified atom stereocenters. The van der Waals surface area contributed by atoms with E-state index in [1.807, 2.05) is 19.3 Å². The summed E-state index contributed by atoms with van der Waals surface area (Å²) in [4.78, 5) is 18.4. The Morgan fingerprint density at radius 2 is 2.19 bits per heavy atom. The number of hydrogen-bond donors (Lipinski definition) is 1. The highest BCUT2D eigenvalue weighted by molar-refractivity contribution is 14.0. The minimum Gasteiger partial charge on any atom is -0.379 e. The van der Waals surface area contributed by atoms with Crippen LogP contribution in [0.2, 0.25) is 0 Å². The smallest absolute Gasteiger partial charge is 0.250 e. The molecule has 0 atom stereocenters. The van der Waals surface area contributed by atoms with Gasteiger partial charge in [0.05, 0.1) is 6.61 Å². The Labute approximate surface area is 174 Å². The summed E-state index contributed by atoms with van der Waals surface area (Å²) in [6.45, 7) is 6.93. The number of likely N-dealkylation sites (N-methyl/N-ethyl adjacent to an activating group) is 1. The van der Waals surface area contributed by atoms with Crippen molar-refractivity contribution in [3.05, 3.63) is 34.7 Å². The van der Waals surface area contributed by atoms with E-state index in [1.54, 1.807) is 16.7 Å². The SMILES string of the molecule is CCNC(=NCCCCn1ccccc1=O)N(C)CCOCC1CC1.I.